The highest BCUT2D eigenvalue weighted by molar-refractivity contribution is 6.09. The molecular weight excluding hydrogens is 250 g/mol. The van der Waals surface area contributed by atoms with Gasteiger partial charge in [0.05, 0.1) is 11.7 Å². The summed E-state index contributed by atoms with van der Waals surface area (Å²) in [5.41, 5.74) is 1.71. The first-order valence-electron chi connectivity index (χ1n) is 6.59. The Morgan fingerprint density at radius 2 is 2.00 bits per heavy atom. The number of carbonyl (C=O) groups excluding carboxylic acids is 1. The number of Topliss-reactive ketones (excluding diaryl/α,β-unsaturated/α-hetero) is 1. The number of hydrogen-bond donors (Lipinski definition) is 0. The van der Waals surface area contributed by atoms with Gasteiger partial charge in [0, 0.05) is 35.5 Å². The number of carbonyl (C=O) groups is 1. The van der Waals surface area contributed by atoms with E-state index in [0.717, 1.165) is 16.5 Å². The third-order valence-electron chi connectivity index (χ3n) is 3.30. The number of nitrogens with zero attached hydrogens (tertiary/aromatic N) is 3. The topological polar surface area (TPSA) is 47.8 Å². The Bertz CT molecular complexity index is 760. The summed E-state index contributed by atoms with van der Waals surface area (Å²) in [4.78, 5) is 20.7. The van der Waals surface area contributed by atoms with Crippen molar-refractivity contribution in [2.45, 2.75) is 13.8 Å². The van der Waals surface area contributed by atoms with E-state index in [9.17, 15) is 4.79 Å². The van der Waals surface area contributed by atoms with Gasteiger partial charge >= 0.3 is 0 Å². The molecule has 0 bridgehead atoms. The molecule has 0 amide bonds. The molecule has 0 N–H and O–H groups in total. The number of para-hydroxylation sites is 1. The van der Waals surface area contributed by atoms with Gasteiger partial charge in [0.2, 0.25) is 0 Å². The minimum atomic E-state index is -0.0314. The molecule has 0 spiro atoms. The van der Waals surface area contributed by atoms with E-state index < -0.39 is 0 Å². The fraction of sp³-hybridized carbons (Fsp3) is 0.188. The summed E-state index contributed by atoms with van der Waals surface area (Å²) in [7, 11) is 0. The number of fused-ring (bicyclic) bond motifs is 1. The molecule has 0 aliphatic carbocycles. The Hall–Kier alpha value is -2.49. The fourth-order valence-electron chi connectivity index (χ4n) is 2.29. The Morgan fingerprint density at radius 1 is 1.20 bits per heavy atom. The van der Waals surface area contributed by atoms with Gasteiger partial charge in [0.25, 0.3) is 0 Å². The molecule has 0 fully saturated rings. The average Bonchev–Trinajstić information content (AvgIpc) is 2.87. The second kappa shape index (κ2) is 4.89. The summed E-state index contributed by atoms with van der Waals surface area (Å²) >= 11 is 0. The van der Waals surface area contributed by atoms with E-state index >= 15 is 0 Å². The molecule has 20 heavy (non-hydrogen) atoms. The van der Waals surface area contributed by atoms with Gasteiger partial charge in [-0.25, -0.2) is 4.98 Å². The van der Waals surface area contributed by atoms with Gasteiger partial charge < -0.3 is 0 Å². The molecule has 4 heteroatoms. The molecule has 0 saturated heterocycles. The van der Waals surface area contributed by atoms with Crippen molar-refractivity contribution < 1.29 is 4.79 Å². The van der Waals surface area contributed by atoms with Crippen molar-refractivity contribution in [2.24, 2.45) is 5.92 Å². The summed E-state index contributed by atoms with van der Waals surface area (Å²) < 4.78 is 1.91. The van der Waals surface area contributed by atoms with Crippen LogP contribution in [0.25, 0.3) is 16.7 Å². The fourth-order valence-corrected chi connectivity index (χ4v) is 2.29. The second-order valence-corrected chi connectivity index (χ2v) is 5.01. The maximum absolute atomic E-state index is 12.4. The van der Waals surface area contributed by atoms with Gasteiger partial charge in [-0.05, 0) is 6.07 Å². The molecular formula is C16H15N3O. The van der Waals surface area contributed by atoms with Crippen LogP contribution in [0.15, 0.2) is 49.1 Å². The first-order valence-corrected chi connectivity index (χ1v) is 6.59. The van der Waals surface area contributed by atoms with E-state index in [1.54, 1.807) is 18.6 Å². The maximum Gasteiger partial charge on any atom is 0.167 e. The number of aromatic nitrogens is 3. The molecule has 0 radical (unpaired) electrons. The van der Waals surface area contributed by atoms with Crippen LogP contribution in [-0.4, -0.2) is 20.3 Å². The normalized spacial score (nSPS) is 11.2. The van der Waals surface area contributed by atoms with Crippen molar-refractivity contribution in [2.75, 3.05) is 0 Å². The standard InChI is InChI=1S/C16H15N3O/c1-11(2)16(20)13-10-19(15-9-17-7-8-18-15)14-6-4-3-5-12(13)14/h3-11H,1-2H3. The van der Waals surface area contributed by atoms with Gasteiger partial charge in [-0.3, -0.25) is 14.3 Å². The molecule has 2 heterocycles. The average molecular weight is 265 g/mol. The minimum Gasteiger partial charge on any atom is -0.299 e. The molecule has 100 valence electrons. The molecule has 0 aliphatic heterocycles. The van der Waals surface area contributed by atoms with Crippen LogP contribution in [-0.2, 0) is 0 Å². The molecule has 3 aromatic rings. The zero-order valence-corrected chi connectivity index (χ0v) is 11.4. The molecule has 0 saturated carbocycles. The van der Waals surface area contributed by atoms with Crippen molar-refractivity contribution in [3.63, 3.8) is 0 Å². The van der Waals surface area contributed by atoms with Crippen LogP contribution in [0.1, 0.15) is 24.2 Å². The third kappa shape index (κ3) is 1.99. The Kier molecular flexibility index (Phi) is 3.06. The van der Waals surface area contributed by atoms with Crippen molar-refractivity contribution >= 4 is 16.7 Å². The van der Waals surface area contributed by atoms with Gasteiger partial charge in [0.1, 0.15) is 0 Å². The monoisotopic (exact) mass is 265 g/mol. The zero-order valence-electron chi connectivity index (χ0n) is 11.4. The van der Waals surface area contributed by atoms with E-state index in [1.165, 1.54) is 0 Å². The lowest BCUT2D eigenvalue weighted by molar-refractivity contribution is 0.0941. The molecule has 3 rings (SSSR count). The molecule has 1 aromatic carbocycles. The quantitative estimate of drug-likeness (QED) is 0.683. The largest absolute Gasteiger partial charge is 0.299 e. The molecule has 0 unspecified atom stereocenters. The van der Waals surface area contributed by atoms with E-state index in [2.05, 4.69) is 9.97 Å². The van der Waals surface area contributed by atoms with Crippen LogP contribution >= 0.6 is 0 Å². The second-order valence-electron chi connectivity index (χ2n) is 5.01. The predicted molar refractivity (Wildman–Crippen MR) is 78.0 cm³/mol. The highest BCUT2D eigenvalue weighted by atomic mass is 16.1. The van der Waals surface area contributed by atoms with Gasteiger partial charge in [-0.1, -0.05) is 32.0 Å². The first kappa shape index (κ1) is 12.5. The van der Waals surface area contributed by atoms with Crippen LogP contribution in [0.5, 0.6) is 0 Å². The Morgan fingerprint density at radius 3 is 2.70 bits per heavy atom. The molecule has 0 aliphatic rings. The van der Waals surface area contributed by atoms with Gasteiger partial charge in [-0.2, -0.15) is 0 Å². The van der Waals surface area contributed by atoms with Crippen molar-refractivity contribution in [1.29, 1.82) is 0 Å². The lowest BCUT2D eigenvalue weighted by atomic mass is 10.0. The SMILES string of the molecule is CC(C)C(=O)c1cn(-c2cnccn2)c2ccccc12. The summed E-state index contributed by atoms with van der Waals surface area (Å²) in [6.45, 7) is 3.83. The highest BCUT2D eigenvalue weighted by Crippen LogP contribution is 2.25. The smallest absolute Gasteiger partial charge is 0.167 e. The lowest BCUT2D eigenvalue weighted by Crippen LogP contribution is -2.06. The third-order valence-corrected chi connectivity index (χ3v) is 3.30. The van der Waals surface area contributed by atoms with Crippen LogP contribution in [0, 0.1) is 5.92 Å². The first-order chi connectivity index (χ1) is 9.68. The summed E-state index contributed by atoms with van der Waals surface area (Å²) in [5.74, 6) is 0.825. The van der Waals surface area contributed by atoms with E-state index in [1.807, 2.05) is 48.9 Å². The summed E-state index contributed by atoms with van der Waals surface area (Å²) in [5, 5.41) is 0.955. The van der Waals surface area contributed by atoms with Crippen LogP contribution in [0.3, 0.4) is 0 Å². The van der Waals surface area contributed by atoms with Gasteiger partial charge in [0.15, 0.2) is 11.6 Å². The van der Waals surface area contributed by atoms with Crippen LogP contribution in [0.2, 0.25) is 0 Å². The zero-order chi connectivity index (χ0) is 14.1. The van der Waals surface area contributed by atoms with E-state index in [4.69, 9.17) is 0 Å². The lowest BCUT2D eigenvalue weighted by Gasteiger charge is -2.02. The minimum absolute atomic E-state index is 0.0314. The molecule has 4 nitrogen and oxygen atoms in total. The van der Waals surface area contributed by atoms with Crippen molar-refractivity contribution in [1.82, 2.24) is 14.5 Å². The van der Waals surface area contributed by atoms with Crippen molar-refractivity contribution in [3.8, 4) is 5.82 Å². The van der Waals surface area contributed by atoms with Crippen LogP contribution in [0.4, 0.5) is 0 Å². The molecule has 2 aromatic heterocycles. The van der Waals surface area contributed by atoms with Crippen LogP contribution < -0.4 is 0 Å². The molecule has 0 atom stereocenters. The number of ketones is 1. The van der Waals surface area contributed by atoms with Crippen molar-refractivity contribution in [3.05, 3.63) is 54.6 Å². The maximum atomic E-state index is 12.4. The predicted octanol–water partition coefficient (Wildman–Crippen LogP) is 3.26. The summed E-state index contributed by atoms with van der Waals surface area (Å²) in [6, 6.07) is 7.86. The Balaban J connectivity index is 2.27. The summed E-state index contributed by atoms with van der Waals surface area (Å²) in [6.07, 6.45) is 6.83. The van der Waals surface area contributed by atoms with Gasteiger partial charge in [-0.15, -0.1) is 0 Å². The number of rotatable bonds is 3. The number of hydrogen-bond acceptors (Lipinski definition) is 3. The number of benzene rings is 1. The Labute approximate surface area is 117 Å². The van der Waals surface area contributed by atoms with E-state index in [-0.39, 0.29) is 11.7 Å². The highest BCUT2D eigenvalue weighted by Gasteiger charge is 2.18. The van der Waals surface area contributed by atoms with E-state index in [0.29, 0.717) is 5.82 Å².